The van der Waals surface area contributed by atoms with Gasteiger partial charge >= 0.3 is 0 Å². The van der Waals surface area contributed by atoms with Crippen LogP contribution in [0.2, 0.25) is 0 Å². The van der Waals surface area contributed by atoms with Crippen LogP contribution >= 0.6 is 23.1 Å². The van der Waals surface area contributed by atoms with Crippen molar-refractivity contribution < 1.29 is 9.59 Å². The van der Waals surface area contributed by atoms with E-state index in [0.29, 0.717) is 25.6 Å². The lowest BCUT2D eigenvalue weighted by Gasteiger charge is -2.23. The summed E-state index contributed by atoms with van der Waals surface area (Å²) in [6, 6.07) is 0.375. The van der Waals surface area contributed by atoms with E-state index in [4.69, 9.17) is 0 Å². The van der Waals surface area contributed by atoms with Crippen molar-refractivity contribution in [2.75, 3.05) is 19.3 Å². The molecular weight excluding hydrogens is 342 g/mol. The van der Waals surface area contributed by atoms with E-state index in [1.54, 1.807) is 23.1 Å². The van der Waals surface area contributed by atoms with Gasteiger partial charge in [0.1, 0.15) is 5.01 Å². The Morgan fingerprint density at radius 3 is 3.00 bits per heavy atom. The second kappa shape index (κ2) is 8.34. The summed E-state index contributed by atoms with van der Waals surface area (Å²) in [7, 11) is 0. The Kier molecular flexibility index (Phi) is 6.16. The predicted molar refractivity (Wildman–Crippen MR) is 98.1 cm³/mol. The fraction of sp³-hybridized carbons (Fsp3) is 0.706. The molecule has 0 bridgehead atoms. The summed E-state index contributed by atoms with van der Waals surface area (Å²) in [4.78, 5) is 31.0. The highest BCUT2D eigenvalue weighted by Crippen LogP contribution is 2.29. The molecule has 1 aliphatic heterocycles. The lowest BCUT2D eigenvalue weighted by molar-refractivity contribution is -0.130. The second-order valence-electron chi connectivity index (χ2n) is 6.59. The van der Waals surface area contributed by atoms with Crippen LogP contribution in [-0.2, 0) is 21.8 Å². The first-order valence-corrected chi connectivity index (χ1v) is 10.9. The van der Waals surface area contributed by atoms with Crippen molar-refractivity contribution in [3.05, 3.63) is 16.1 Å². The maximum atomic E-state index is 12.3. The van der Waals surface area contributed by atoms with Gasteiger partial charge in [0.25, 0.3) is 0 Å². The zero-order valence-electron chi connectivity index (χ0n) is 14.1. The number of thiazole rings is 1. The van der Waals surface area contributed by atoms with Crippen LogP contribution in [0.25, 0.3) is 0 Å². The van der Waals surface area contributed by atoms with Crippen molar-refractivity contribution in [2.24, 2.45) is 5.92 Å². The topological polar surface area (TPSA) is 62.3 Å². The Morgan fingerprint density at radius 1 is 1.46 bits per heavy atom. The molecule has 1 N–H and O–H groups in total. The molecule has 3 rings (SSSR count). The molecule has 1 aliphatic carbocycles. The Balaban J connectivity index is 1.42. The van der Waals surface area contributed by atoms with Crippen molar-refractivity contribution in [2.45, 2.75) is 50.3 Å². The first-order valence-electron chi connectivity index (χ1n) is 8.66. The van der Waals surface area contributed by atoms with Crippen molar-refractivity contribution in [1.82, 2.24) is 15.2 Å². The van der Waals surface area contributed by atoms with E-state index in [1.807, 2.05) is 4.90 Å². The SMILES string of the molecule is CSCc1nc(CCNC(=O)C2CC(=O)N(C3CCCC3)C2)cs1. The summed E-state index contributed by atoms with van der Waals surface area (Å²) in [5.74, 6) is 0.936. The summed E-state index contributed by atoms with van der Waals surface area (Å²) in [5.41, 5.74) is 1.04. The van der Waals surface area contributed by atoms with E-state index >= 15 is 0 Å². The van der Waals surface area contributed by atoms with Gasteiger partial charge in [-0.05, 0) is 19.1 Å². The Labute approximate surface area is 151 Å². The number of amides is 2. The van der Waals surface area contributed by atoms with Gasteiger partial charge in [-0.3, -0.25) is 9.59 Å². The van der Waals surface area contributed by atoms with Gasteiger partial charge in [-0.1, -0.05) is 12.8 Å². The minimum atomic E-state index is -0.180. The largest absolute Gasteiger partial charge is 0.355 e. The number of rotatable bonds is 7. The summed E-state index contributed by atoms with van der Waals surface area (Å²) in [5, 5.41) is 6.19. The van der Waals surface area contributed by atoms with Gasteiger partial charge in [0, 0.05) is 43.1 Å². The molecule has 7 heteroatoms. The molecule has 5 nitrogen and oxygen atoms in total. The van der Waals surface area contributed by atoms with Gasteiger partial charge in [0.2, 0.25) is 11.8 Å². The van der Waals surface area contributed by atoms with E-state index in [9.17, 15) is 9.59 Å². The molecule has 132 valence electrons. The highest BCUT2D eigenvalue weighted by atomic mass is 32.2. The van der Waals surface area contributed by atoms with Gasteiger partial charge in [-0.2, -0.15) is 11.8 Å². The molecule has 0 radical (unpaired) electrons. The monoisotopic (exact) mass is 367 g/mol. The summed E-state index contributed by atoms with van der Waals surface area (Å²) >= 11 is 3.44. The lowest BCUT2D eigenvalue weighted by atomic mass is 10.1. The van der Waals surface area contributed by atoms with Gasteiger partial charge in [0.15, 0.2) is 0 Å². The minimum absolute atomic E-state index is 0.0170. The van der Waals surface area contributed by atoms with Gasteiger partial charge in [-0.25, -0.2) is 4.98 Å². The fourth-order valence-corrected chi connectivity index (χ4v) is 5.14. The highest BCUT2D eigenvalue weighted by Gasteiger charge is 2.38. The normalized spacial score (nSPS) is 21.6. The molecule has 1 saturated heterocycles. The third-order valence-electron chi connectivity index (χ3n) is 4.84. The van der Waals surface area contributed by atoms with Crippen molar-refractivity contribution in [3.63, 3.8) is 0 Å². The Bertz CT molecular complexity index is 584. The Hall–Kier alpha value is -1.08. The molecule has 2 heterocycles. The molecule has 0 spiro atoms. The molecule has 1 saturated carbocycles. The number of hydrogen-bond acceptors (Lipinski definition) is 5. The van der Waals surface area contributed by atoms with Crippen LogP contribution in [0.1, 0.15) is 42.8 Å². The quantitative estimate of drug-likeness (QED) is 0.804. The molecule has 24 heavy (non-hydrogen) atoms. The van der Waals surface area contributed by atoms with Gasteiger partial charge < -0.3 is 10.2 Å². The number of aromatic nitrogens is 1. The predicted octanol–water partition coefficient (Wildman–Crippen LogP) is 2.46. The lowest BCUT2D eigenvalue weighted by Crippen LogP contribution is -2.37. The fourth-order valence-electron chi connectivity index (χ4n) is 3.59. The first-order chi connectivity index (χ1) is 11.7. The average Bonchev–Trinajstić information content (AvgIpc) is 3.28. The van der Waals surface area contributed by atoms with Crippen molar-refractivity contribution in [1.29, 1.82) is 0 Å². The number of thioether (sulfide) groups is 1. The van der Waals surface area contributed by atoms with Crippen LogP contribution < -0.4 is 5.32 Å². The van der Waals surface area contributed by atoms with E-state index in [2.05, 4.69) is 21.9 Å². The zero-order valence-corrected chi connectivity index (χ0v) is 15.8. The number of carbonyl (C=O) groups excluding carboxylic acids is 2. The molecule has 1 unspecified atom stereocenters. The standard InChI is InChI=1S/C17H25N3O2S2/c1-23-11-15-19-13(10-24-15)6-7-18-17(22)12-8-16(21)20(9-12)14-4-2-3-5-14/h10,12,14H,2-9,11H2,1H3,(H,18,22). The highest BCUT2D eigenvalue weighted by molar-refractivity contribution is 7.97. The minimum Gasteiger partial charge on any atom is -0.355 e. The van der Waals surface area contributed by atoms with Crippen LogP contribution in [0.15, 0.2) is 5.38 Å². The number of nitrogens with one attached hydrogen (secondary N) is 1. The number of nitrogens with zero attached hydrogens (tertiary/aromatic N) is 2. The first kappa shape index (κ1) is 17.7. The Morgan fingerprint density at radius 2 is 2.25 bits per heavy atom. The molecule has 0 aromatic carbocycles. The summed E-state index contributed by atoms with van der Waals surface area (Å²) in [6.45, 7) is 1.19. The summed E-state index contributed by atoms with van der Waals surface area (Å²) < 4.78 is 0. The maximum Gasteiger partial charge on any atom is 0.225 e. The van der Waals surface area contributed by atoms with Crippen LogP contribution in [0.3, 0.4) is 0 Å². The van der Waals surface area contributed by atoms with Crippen molar-refractivity contribution >= 4 is 34.9 Å². The van der Waals surface area contributed by atoms with Crippen LogP contribution in [0.4, 0.5) is 0 Å². The number of hydrogen-bond donors (Lipinski definition) is 1. The number of carbonyl (C=O) groups is 2. The number of likely N-dealkylation sites (tertiary alicyclic amines) is 1. The molecule has 1 aromatic heterocycles. The van der Waals surface area contributed by atoms with Crippen LogP contribution in [0, 0.1) is 5.92 Å². The van der Waals surface area contributed by atoms with E-state index in [0.717, 1.165) is 35.7 Å². The van der Waals surface area contributed by atoms with E-state index in [-0.39, 0.29) is 17.7 Å². The molecule has 2 aliphatic rings. The summed E-state index contributed by atoms with van der Waals surface area (Å²) in [6.07, 6.45) is 7.80. The van der Waals surface area contributed by atoms with Crippen LogP contribution in [-0.4, -0.2) is 47.1 Å². The van der Waals surface area contributed by atoms with Gasteiger partial charge in [-0.15, -0.1) is 11.3 Å². The smallest absolute Gasteiger partial charge is 0.225 e. The molecule has 2 fully saturated rings. The van der Waals surface area contributed by atoms with E-state index in [1.165, 1.54) is 12.8 Å². The van der Waals surface area contributed by atoms with E-state index < -0.39 is 0 Å². The molecule has 2 amide bonds. The average molecular weight is 368 g/mol. The maximum absolute atomic E-state index is 12.3. The second-order valence-corrected chi connectivity index (χ2v) is 8.40. The van der Waals surface area contributed by atoms with Gasteiger partial charge in [0.05, 0.1) is 11.6 Å². The van der Waals surface area contributed by atoms with Crippen molar-refractivity contribution in [3.8, 4) is 0 Å². The third-order valence-corrected chi connectivity index (χ3v) is 6.48. The molecule has 1 atom stereocenters. The van der Waals surface area contributed by atoms with Crippen LogP contribution in [0.5, 0.6) is 0 Å². The third kappa shape index (κ3) is 4.30. The zero-order chi connectivity index (χ0) is 16.9. The molecule has 1 aromatic rings. The molecular formula is C17H25N3O2S2.